The van der Waals surface area contributed by atoms with Crippen LogP contribution in [0.15, 0.2) is 30.3 Å². The average Bonchev–Trinajstić information content (AvgIpc) is 2.39. The molecule has 0 aromatic heterocycles. The number of rotatable bonds is 6. The molecule has 1 aromatic rings. The van der Waals surface area contributed by atoms with Gasteiger partial charge in [0.25, 0.3) is 0 Å². The molecule has 0 heterocycles. The van der Waals surface area contributed by atoms with Crippen LogP contribution in [0.5, 0.6) is 0 Å². The molecular formula is C15H23NO2. The second kappa shape index (κ2) is 7.17. The van der Waals surface area contributed by atoms with E-state index in [-0.39, 0.29) is 12.0 Å². The third kappa shape index (κ3) is 3.57. The van der Waals surface area contributed by atoms with Gasteiger partial charge in [-0.05, 0) is 32.9 Å². The van der Waals surface area contributed by atoms with Gasteiger partial charge in [0, 0.05) is 6.04 Å². The molecule has 1 aromatic carbocycles. The van der Waals surface area contributed by atoms with E-state index in [2.05, 4.69) is 18.7 Å². The lowest BCUT2D eigenvalue weighted by molar-refractivity contribution is -0.150. The molecule has 2 unspecified atom stereocenters. The van der Waals surface area contributed by atoms with E-state index in [1.165, 1.54) is 0 Å². The van der Waals surface area contributed by atoms with Crippen LogP contribution in [-0.4, -0.2) is 30.6 Å². The van der Waals surface area contributed by atoms with Gasteiger partial charge >= 0.3 is 5.97 Å². The Bertz CT molecular complexity index is 364. The fraction of sp³-hybridized carbons (Fsp3) is 0.533. The van der Waals surface area contributed by atoms with Crippen LogP contribution >= 0.6 is 0 Å². The number of hydrogen-bond donors (Lipinski definition) is 0. The summed E-state index contributed by atoms with van der Waals surface area (Å²) in [5.74, 6) is -0.175. The van der Waals surface area contributed by atoms with Crippen molar-refractivity contribution in [3.05, 3.63) is 35.9 Å². The Morgan fingerprint density at radius 3 is 2.39 bits per heavy atom. The summed E-state index contributed by atoms with van der Waals surface area (Å²) in [6.45, 7) is 6.49. The van der Waals surface area contributed by atoms with Crippen molar-refractivity contribution in [2.75, 3.05) is 13.7 Å². The van der Waals surface area contributed by atoms with Crippen LogP contribution < -0.4 is 0 Å². The maximum atomic E-state index is 12.1. The second-order valence-corrected chi connectivity index (χ2v) is 4.49. The van der Waals surface area contributed by atoms with Gasteiger partial charge in [0.05, 0.1) is 6.61 Å². The largest absolute Gasteiger partial charge is 0.465 e. The predicted molar refractivity (Wildman–Crippen MR) is 73.3 cm³/mol. The summed E-state index contributed by atoms with van der Waals surface area (Å²) >= 11 is 0. The fourth-order valence-corrected chi connectivity index (χ4v) is 1.94. The minimum atomic E-state index is -0.318. The lowest BCUT2D eigenvalue weighted by Crippen LogP contribution is -2.38. The lowest BCUT2D eigenvalue weighted by Gasteiger charge is -2.31. The third-order valence-electron chi connectivity index (χ3n) is 3.32. The van der Waals surface area contributed by atoms with Crippen LogP contribution in [0, 0.1) is 0 Å². The zero-order valence-electron chi connectivity index (χ0n) is 11.7. The van der Waals surface area contributed by atoms with Crippen molar-refractivity contribution in [1.29, 1.82) is 0 Å². The first-order valence-electron chi connectivity index (χ1n) is 6.55. The first kappa shape index (κ1) is 14.7. The van der Waals surface area contributed by atoms with E-state index in [1.54, 1.807) is 0 Å². The molecule has 0 N–H and O–H groups in total. The third-order valence-corrected chi connectivity index (χ3v) is 3.32. The van der Waals surface area contributed by atoms with Gasteiger partial charge in [-0.3, -0.25) is 4.90 Å². The summed E-state index contributed by atoms with van der Waals surface area (Å²) < 4.78 is 5.19. The van der Waals surface area contributed by atoms with Gasteiger partial charge in [0.2, 0.25) is 0 Å². The second-order valence-electron chi connectivity index (χ2n) is 4.49. The lowest BCUT2D eigenvalue weighted by atomic mass is 10.0. The topological polar surface area (TPSA) is 29.5 Å². The molecule has 0 aliphatic heterocycles. The Labute approximate surface area is 110 Å². The van der Waals surface area contributed by atoms with E-state index in [1.807, 2.05) is 44.3 Å². The molecule has 18 heavy (non-hydrogen) atoms. The molecule has 0 aliphatic carbocycles. The first-order chi connectivity index (χ1) is 8.61. The van der Waals surface area contributed by atoms with E-state index in [0.29, 0.717) is 12.6 Å². The van der Waals surface area contributed by atoms with Gasteiger partial charge in [0.1, 0.15) is 6.04 Å². The van der Waals surface area contributed by atoms with Gasteiger partial charge in [-0.1, -0.05) is 37.3 Å². The minimum Gasteiger partial charge on any atom is -0.465 e. The summed E-state index contributed by atoms with van der Waals surface area (Å²) in [5.41, 5.74) is 0.985. The molecule has 2 atom stereocenters. The monoisotopic (exact) mass is 249 g/mol. The van der Waals surface area contributed by atoms with Gasteiger partial charge in [0.15, 0.2) is 0 Å². The van der Waals surface area contributed by atoms with Crippen LogP contribution in [0.25, 0.3) is 0 Å². The van der Waals surface area contributed by atoms with E-state index < -0.39 is 0 Å². The number of carbonyl (C=O) groups is 1. The zero-order chi connectivity index (χ0) is 13.5. The van der Waals surface area contributed by atoms with Crippen LogP contribution in [-0.2, 0) is 9.53 Å². The standard InChI is InChI=1S/C15H23NO2/c1-5-12(3)16(4)14(15(17)18-6-2)13-10-8-7-9-11-13/h7-12,14H,5-6H2,1-4H3. The number of nitrogens with zero attached hydrogens (tertiary/aromatic N) is 1. The number of ether oxygens (including phenoxy) is 1. The van der Waals surface area contributed by atoms with Crippen molar-refractivity contribution < 1.29 is 9.53 Å². The molecule has 0 bridgehead atoms. The normalized spacial score (nSPS) is 14.3. The average molecular weight is 249 g/mol. The highest BCUT2D eigenvalue weighted by atomic mass is 16.5. The molecule has 0 amide bonds. The summed E-state index contributed by atoms with van der Waals surface area (Å²) in [5, 5.41) is 0. The fourth-order valence-electron chi connectivity index (χ4n) is 1.94. The maximum Gasteiger partial charge on any atom is 0.327 e. The molecule has 3 heteroatoms. The smallest absolute Gasteiger partial charge is 0.327 e. The highest BCUT2D eigenvalue weighted by Gasteiger charge is 2.28. The molecule has 3 nitrogen and oxygen atoms in total. The van der Waals surface area contributed by atoms with Crippen molar-refractivity contribution in [2.45, 2.75) is 39.3 Å². The predicted octanol–water partition coefficient (Wildman–Crippen LogP) is 3.02. The minimum absolute atomic E-state index is 0.175. The van der Waals surface area contributed by atoms with Crippen LogP contribution in [0.1, 0.15) is 38.8 Å². The van der Waals surface area contributed by atoms with Crippen molar-refractivity contribution in [1.82, 2.24) is 4.90 Å². The Kier molecular flexibility index (Phi) is 5.86. The van der Waals surface area contributed by atoms with E-state index >= 15 is 0 Å². The highest BCUT2D eigenvalue weighted by molar-refractivity contribution is 5.77. The van der Waals surface area contributed by atoms with E-state index in [0.717, 1.165) is 12.0 Å². The van der Waals surface area contributed by atoms with Crippen LogP contribution in [0.2, 0.25) is 0 Å². The number of hydrogen-bond acceptors (Lipinski definition) is 3. The molecule has 1 rings (SSSR count). The van der Waals surface area contributed by atoms with Crippen molar-refractivity contribution >= 4 is 5.97 Å². The molecule has 0 spiro atoms. The van der Waals surface area contributed by atoms with Gasteiger partial charge in [-0.25, -0.2) is 4.79 Å². The maximum absolute atomic E-state index is 12.1. The molecule has 0 saturated heterocycles. The number of benzene rings is 1. The Morgan fingerprint density at radius 1 is 1.28 bits per heavy atom. The molecule has 0 aliphatic rings. The van der Waals surface area contributed by atoms with Crippen molar-refractivity contribution in [2.24, 2.45) is 0 Å². The Hall–Kier alpha value is -1.35. The Balaban J connectivity index is 2.99. The molecular weight excluding hydrogens is 226 g/mol. The summed E-state index contributed by atoms with van der Waals surface area (Å²) in [6.07, 6.45) is 0.999. The highest BCUT2D eigenvalue weighted by Crippen LogP contribution is 2.23. The SMILES string of the molecule is CCOC(=O)C(c1ccccc1)N(C)C(C)CC. The van der Waals surface area contributed by atoms with E-state index in [9.17, 15) is 4.79 Å². The van der Waals surface area contributed by atoms with Gasteiger partial charge in [-0.15, -0.1) is 0 Å². The van der Waals surface area contributed by atoms with E-state index in [4.69, 9.17) is 4.74 Å². The van der Waals surface area contributed by atoms with Crippen LogP contribution in [0.4, 0.5) is 0 Å². The summed E-state index contributed by atoms with van der Waals surface area (Å²) in [7, 11) is 1.97. The van der Waals surface area contributed by atoms with Gasteiger partial charge < -0.3 is 4.74 Å². The Morgan fingerprint density at radius 2 is 1.89 bits per heavy atom. The summed E-state index contributed by atoms with van der Waals surface area (Å²) in [6, 6.07) is 9.81. The molecule has 0 saturated carbocycles. The zero-order valence-corrected chi connectivity index (χ0v) is 11.7. The van der Waals surface area contributed by atoms with Crippen molar-refractivity contribution in [3.63, 3.8) is 0 Å². The quantitative estimate of drug-likeness (QED) is 0.726. The summed E-state index contributed by atoms with van der Waals surface area (Å²) in [4.78, 5) is 14.2. The molecule has 100 valence electrons. The number of likely N-dealkylation sites (N-methyl/N-ethyl adjacent to an activating group) is 1. The number of esters is 1. The molecule has 0 radical (unpaired) electrons. The van der Waals surface area contributed by atoms with Crippen molar-refractivity contribution in [3.8, 4) is 0 Å². The van der Waals surface area contributed by atoms with Crippen LogP contribution in [0.3, 0.4) is 0 Å². The van der Waals surface area contributed by atoms with Gasteiger partial charge in [-0.2, -0.15) is 0 Å². The number of carbonyl (C=O) groups excluding carboxylic acids is 1. The molecule has 0 fully saturated rings. The first-order valence-corrected chi connectivity index (χ1v) is 6.55.